The molecule has 1 aliphatic rings. The van der Waals surface area contributed by atoms with Crippen LogP contribution in [0.2, 0.25) is 0 Å². The fourth-order valence-electron chi connectivity index (χ4n) is 5.56. The Morgan fingerprint density at radius 3 is 2.09 bits per heavy atom. The SMILES string of the molecule is CCCCCCCCCCCCCCCCCCOC[C@@H](COP1(=O)CO[C@@H](Cn2ccc(N)nc2=O)CO1)OCc1ccccc1. The Morgan fingerprint density at radius 1 is 0.894 bits per heavy atom. The van der Waals surface area contributed by atoms with E-state index in [-0.39, 0.29) is 31.9 Å². The van der Waals surface area contributed by atoms with Crippen molar-refractivity contribution in [3.8, 4) is 0 Å². The fourth-order valence-corrected chi connectivity index (χ4v) is 6.96. The second kappa shape index (κ2) is 24.1. The highest BCUT2D eigenvalue weighted by Crippen LogP contribution is 2.51. The lowest BCUT2D eigenvalue weighted by Gasteiger charge is -2.30. The summed E-state index contributed by atoms with van der Waals surface area (Å²) < 4.78 is 43.8. The maximum Gasteiger partial charge on any atom is 0.356 e. The number of hydrogen-bond donors (Lipinski definition) is 1. The van der Waals surface area contributed by atoms with E-state index in [4.69, 9.17) is 29.0 Å². The Hall–Kier alpha value is -2.07. The monoisotopic (exact) mass is 677 g/mol. The molecule has 3 atom stereocenters. The van der Waals surface area contributed by atoms with E-state index in [1.165, 1.54) is 101 Å². The smallest absolute Gasteiger partial charge is 0.356 e. The van der Waals surface area contributed by atoms with Gasteiger partial charge in [0, 0.05) is 12.8 Å². The van der Waals surface area contributed by atoms with Crippen molar-refractivity contribution >= 4 is 13.4 Å². The van der Waals surface area contributed by atoms with Crippen LogP contribution in [0.15, 0.2) is 47.4 Å². The van der Waals surface area contributed by atoms with Crippen LogP contribution in [0.3, 0.4) is 0 Å². The number of aromatic nitrogens is 2. The van der Waals surface area contributed by atoms with Crippen molar-refractivity contribution in [2.24, 2.45) is 0 Å². The van der Waals surface area contributed by atoms with Gasteiger partial charge in [0.05, 0.1) is 33.0 Å². The molecule has 0 bridgehead atoms. The second-order valence-electron chi connectivity index (χ2n) is 12.7. The molecular weight excluding hydrogens is 617 g/mol. The zero-order valence-electron chi connectivity index (χ0n) is 28.7. The quantitative estimate of drug-likeness (QED) is 0.0735. The number of nitrogen functional groups attached to an aromatic ring is 1. The van der Waals surface area contributed by atoms with Crippen molar-refractivity contribution in [3.05, 3.63) is 58.6 Å². The normalized spacial score (nSPS) is 18.8. The molecule has 0 aliphatic carbocycles. The summed E-state index contributed by atoms with van der Waals surface area (Å²) in [6.45, 7) is 3.95. The molecular formula is C36H60N3O7P. The van der Waals surface area contributed by atoms with Crippen molar-refractivity contribution in [3.63, 3.8) is 0 Å². The van der Waals surface area contributed by atoms with Gasteiger partial charge < -0.3 is 29.0 Å². The van der Waals surface area contributed by atoms with E-state index in [0.717, 1.165) is 18.4 Å². The predicted octanol–water partition coefficient (Wildman–Crippen LogP) is 8.27. The summed E-state index contributed by atoms with van der Waals surface area (Å²) in [5.74, 6) is 0.156. The zero-order valence-corrected chi connectivity index (χ0v) is 29.6. The van der Waals surface area contributed by atoms with E-state index < -0.39 is 25.5 Å². The fraction of sp³-hybridized carbons (Fsp3) is 0.722. The van der Waals surface area contributed by atoms with Gasteiger partial charge in [-0.15, -0.1) is 0 Å². The van der Waals surface area contributed by atoms with E-state index in [1.54, 1.807) is 6.20 Å². The molecule has 2 heterocycles. The molecule has 47 heavy (non-hydrogen) atoms. The largest absolute Gasteiger partial charge is 0.383 e. The lowest BCUT2D eigenvalue weighted by atomic mass is 10.0. The van der Waals surface area contributed by atoms with Gasteiger partial charge in [-0.2, -0.15) is 4.98 Å². The average Bonchev–Trinajstić information content (AvgIpc) is 3.08. The minimum Gasteiger partial charge on any atom is -0.383 e. The van der Waals surface area contributed by atoms with Gasteiger partial charge in [-0.3, -0.25) is 9.13 Å². The van der Waals surface area contributed by atoms with Gasteiger partial charge in [-0.25, -0.2) is 4.79 Å². The molecule has 3 rings (SSSR count). The van der Waals surface area contributed by atoms with Crippen LogP contribution in [0.25, 0.3) is 0 Å². The number of rotatable bonds is 27. The molecule has 0 saturated carbocycles. The molecule has 1 aromatic heterocycles. The third kappa shape index (κ3) is 17.8. The highest BCUT2D eigenvalue weighted by atomic mass is 31.2. The molecule has 266 valence electrons. The van der Waals surface area contributed by atoms with Crippen LogP contribution in [0.1, 0.15) is 115 Å². The van der Waals surface area contributed by atoms with Crippen molar-refractivity contribution in [1.29, 1.82) is 0 Å². The molecule has 0 spiro atoms. The van der Waals surface area contributed by atoms with Crippen LogP contribution in [0, 0.1) is 0 Å². The number of unbranched alkanes of at least 4 members (excludes halogenated alkanes) is 15. The first-order valence-corrected chi connectivity index (χ1v) is 19.8. The van der Waals surface area contributed by atoms with Gasteiger partial charge in [-0.05, 0) is 18.1 Å². The summed E-state index contributed by atoms with van der Waals surface area (Å²) >= 11 is 0. The van der Waals surface area contributed by atoms with Gasteiger partial charge in [0.15, 0.2) is 0 Å². The highest BCUT2D eigenvalue weighted by molar-refractivity contribution is 7.53. The topological polar surface area (TPSA) is 124 Å². The molecule has 10 nitrogen and oxygen atoms in total. The summed E-state index contributed by atoms with van der Waals surface area (Å²) in [5, 5.41) is 0. The van der Waals surface area contributed by atoms with E-state index in [9.17, 15) is 9.36 Å². The molecule has 2 aromatic rings. The summed E-state index contributed by atoms with van der Waals surface area (Å²) in [4.78, 5) is 15.7. The number of nitrogens with two attached hydrogens (primary N) is 1. The molecule has 0 radical (unpaired) electrons. The number of benzene rings is 1. The van der Waals surface area contributed by atoms with E-state index in [2.05, 4.69) is 11.9 Å². The lowest BCUT2D eigenvalue weighted by molar-refractivity contribution is -0.0575. The Kier molecular flexibility index (Phi) is 20.2. The van der Waals surface area contributed by atoms with Crippen LogP contribution in [-0.4, -0.2) is 54.5 Å². The van der Waals surface area contributed by atoms with Crippen molar-refractivity contribution in [2.45, 2.75) is 135 Å². The first-order chi connectivity index (χ1) is 23.0. The number of anilines is 1. The summed E-state index contributed by atoms with van der Waals surface area (Å²) in [7, 11) is -3.48. The molecule has 1 unspecified atom stereocenters. The zero-order chi connectivity index (χ0) is 33.4. The van der Waals surface area contributed by atoms with Gasteiger partial charge >= 0.3 is 13.3 Å². The number of ether oxygens (including phenoxy) is 3. The first kappa shape index (κ1) is 39.4. The van der Waals surface area contributed by atoms with Crippen LogP contribution >= 0.6 is 7.60 Å². The summed E-state index contributed by atoms with van der Waals surface area (Å²) in [6, 6.07) is 11.4. The molecule has 2 N–H and O–H groups in total. The van der Waals surface area contributed by atoms with E-state index >= 15 is 0 Å². The Morgan fingerprint density at radius 2 is 1.51 bits per heavy atom. The summed E-state index contributed by atoms with van der Waals surface area (Å²) in [5.41, 5.74) is 6.12. The van der Waals surface area contributed by atoms with Crippen LogP contribution in [-0.2, 0) is 41.0 Å². The Bertz CT molecular complexity index is 1170. The minimum atomic E-state index is -3.48. The maximum atomic E-state index is 13.2. The predicted molar refractivity (Wildman–Crippen MR) is 188 cm³/mol. The van der Waals surface area contributed by atoms with Gasteiger partial charge in [-0.1, -0.05) is 134 Å². The van der Waals surface area contributed by atoms with Crippen molar-refractivity contribution in [1.82, 2.24) is 9.55 Å². The van der Waals surface area contributed by atoms with Crippen molar-refractivity contribution < 1.29 is 27.8 Å². The molecule has 1 aromatic carbocycles. The van der Waals surface area contributed by atoms with E-state index in [1.807, 2.05) is 30.3 Å². The minimum absolute atomic E-state index is 0.0272. The second-order valence-corrected chi connectivity index (χ2v) is 14.7. The van der Waals surface area contributed by atoms with Crippen LogP contribution in [0.5, 0.6) is 0 Å². The first-order valence-electron chi connectivity index (χ1n) is 18.0. The van der Waals surface area contributed by atoms with Gasteiger partial charge in [0.1, 0.15) is 24.4 Å². The van der Waals surface area contributed by atoms with Gasteiger partial charge in [0.2, 0.25) is 0 Å². The summed E-state index contributed by atoms with van der Waals surface area (Å²) in [6.07, 6.45) is 21.8. The molecule has 1 aliphatic heterocycles. The molecule has 1 fully saturated rings. The molecule has 1 saturated heterocycles. The third-order valence-corrected chi connectivity index (χ3v) is 10.0. The van der Waals surface area contributed by atoms with Gasteiger partial charge in [0.25, 0.3) is 0 Å². The lowest BCUT2D eigenvalue weighted by Crippen LogP contribution is -2.35. The van der Waals surface area contributed by atoms with Crippen molar-refractivity contribution in [2.75, 3.05) is 38.5 Å². The maximum absolute atomic E-state index is 13.2. The van der Waals surface area contributed by atoms with Crippen LogP contribution in [0.4, 0.5) is 5.82 Å². The molecule has 11 heteroatoms. The number of nitrogens with zero attached hydrogens (tertiary/aromatic N) is 2. The third-order valence-electron chi connectivity index (χ3n) is 8.45. The Labute approximate surface area is 282 Å². The standard InChI is InChI=1S/C36H60N3O7P/c1-2-3-4-5-6-7-8-9-10-11-12-13-14-15-16-20-25-42-28-34(43-27-32-21-18-17-19-22-32)30-46-47(41)31-44-33(29-45-47)26-39-24-23-35(37)38-36(39)40/h17-19,21-24,33-34H,2-16,20,25-31H2,1H3,(H2,37,38,40)/t33-,34-,47?/m0/s1. The molecule has 0 amide bonds. The number of hydrogen-bond acceptors (Lipinski definition) is 9. The Balaban J connectivity index is 1.25. The van der Waals surface area contributed by atoms with E-state index in [0.29, 0.717) is 19.8 Å². The highest BCUT2D eigenvalue weighted by Gasteiger charge is 2.34. The average molecular weight is 678 g/mol. The van der Waals surface area contributed by atoms with Crippen LogP contribution < -0.4 is 11.4 Å².